The highest BCUT2D eigenvalue weighted by atomic mass is 32.2. The number of anilines is 1. The van der Waals surface area contributed by atoms with E-state index < -0.39 is 0 Å². The molecule has 5 aromatic rings. The fraction of sp³-hybridized carbons (Fsp3) is 0.208. The SMILES string of the molecule is CCOc1ccc2nc(NC(=O)c3ccccc3CSc3nc4nc(C)cc(C)n4n3)sc2c1. The van der Waals surface area contributed by atoms with Gasteiger partial charge in [0.25, 0.3) is 11.7 Å². The number of hydrogen-bond acceptors (Lipinski definition) is 8. The van der Waals surface area contributed by atoms with Crippen molar-refractivity contribution in [1.82, 2.24) is 24.6 Å². The smallest absolute Gasteiger partial charge is 0.257 e. The lowest BCUT2D eigenvalue weighted by Gasteiger charge is -2.07. The molecule has 0 aliphatic heterocycles. The Hall–Kier alpha value is -3.50. The number of hydrogen-bond donors (Lipinski definition) is 1. The maximum atomic E-state index is 13.1. The van der Waals surface area contributed by atoms with E-state index >= 15 is 0 Å². The molecule has 34 heavy (non-hydrogen) atoms. The molecular weight excluding hydrogens is 468 g/mol. The van der Waals surface area contributed by atoms with Crippen LogP contribution in [0.4, 0.5) is 5.13 Å². The predicted octanol–water partition coefficient (Wildman–Crippen LogP) is 5.29. The molecule has 0 unspecified atom stereocenters. The van der Waals surface area contributed by atoms with Gasteiger partial charge in [0.1, 0.15) is 5.75 Å². The van der Waals surface area contributed by atoms with E-state index in [2.05, 4.69) is 25.4 Å². The van der Waals surface area contributed by atoms with Crippen molar-refractivity contribution >= 4 is 50.1 Å². The molecule has 0 aliphatic carbocycles. The lowest BCUT2D eigenvalue weighted by atomic mass is 10.1. The number of aryl methyl sites for hydroxylation is 2. The zero-order chi connectivity index (χ0) is 23.7. The molecule has 0 radical (unpaired) electrons. The Morgan fingerprint density at radius 3 is 2.82 bits per heavy atom. The van der Waals surface area contributed by atoms with Crippen LogP contribution in [0.15, 0.2) is 53.7 Å². The molecule has 1 amide bonds. The molecule has 0 aliphatic rings. The Morgan fingerprint density at radius 1 is 1.12 bits per heavy atom. The van der Waals surface area contributed by atoms with Crippen LogP contribution in [0.3, 0.4) is 0 Å². The third-order valence-corrected chi connectivity index (χ3v) is 6.93. The minimum Gasteiger partial charge on any atom is -0.494 e. The van der Waals surface area contributed by atoms with Crippen LogP contribution in [0.25, 0.3) is 16.0 Å². The molecule has 0 atom stereocenters. The van der Waals surface area contributed by atoms with Crippen molar-refractivity contribution in [2.75, 3.05) is 11.9 Å². The summed E-state index contributed by atoms with van der Waals surface area (Å²) < 4.78 is 8.25. The summed E-state index contributed by atoms with van der Waals surface area (Å²) in [4.78, 5) is 26.6. The average Bonchev–Trinajstić information content (AvgIpc) is 3.41. The van der Waals surface area contributed by atoms with E-state index in [1.54, 1.807) is 4.52 Å². The monoisotopic (exact) mass is 490 g/mol. The first-order valence-electron chi connectivity index (χ1n) is 10.8. The Kier molecular flexibility index (Phi) is 6.16. The molecule has 0 saturated carbocycles. The summed E-state index contributed by atoms with van der Waals surface area (Å²) in [6.45, 7) is 6.46. The van der Waals surface area contributed by atoms with E-state index in [9.17, 15) is 4.79 Å². The van der Waals surface area contributed by atoms with E-state index in [0.717, 1.165) is 32.9 Å². The predicted molar refractivity (Wildman–Crippen MR) is 135 cm³/mol. The molecule has 0 fully saturated rings. The first kappa shape index (κ1) is 22.3. The molecule has 0 bridgehead atoms. The van der Waals surface area contributed by atoms with Crippen molar-refractivity contribution in [3.8, 4) is 5.75 Å². The van der Waals surface area contributed by atoms with Crippen molar-refractivity contribution in [2.45, 2.75) is 31.7 Å². The molecule has 2 aromatic carbocycles. The number of nitrogens with one attached hydrogen (secondary N) is 1. The maximum absolute atomic E-state index is 13.1. The summed E-state index contributed by atoms with van der Waals surface area (Å²) in [5, 5.41) is 8.66. The lowest BCUT2D eigenvalue weighted by molar-refractivity contribution is 0.102. The number of thioether (sulfide) groups is 1. The summed E-state index contributed by atoms with van der Waals surface area (Å²) in [5.41, 5.74) is 4.19. The molecule has 3 heterocycles. The van der Waals surface area contributed by atoms with E-state index in [0.29, 0.717) is 34.0 Å². The molecule has 3 aromatic heterocycles. The summed E-state index contributed by atoms with van der Waals surface area (Å²) in [5.74, 6) is 1.72. The fourth-order valence-corrected chi connectivity index (χ4v) is 5.31. The van der Waals surface area contributed by atoms with E-state index in [4.69, 9.17) is 4.74 Å². The Morgan fingerprint density at radius 2 is 1.97 bits per heavy atom. The van der Waals surface area contributed by atoms with Crippen molar-refractivity contribution in [2.24, 2.45) is 0 Å². The van der Waals surface area contributed by atoms with Crippen LogP contribution >= 0.6 is 23.1 Å². The minimum absolute atomic E-state index is 0.198. The van der Waals surface area contributed by atoms with Crippen molar-refractivity contribution in [1.29, 1.82) is 0 Å². The number of amides is 1. The van der Waals surface area contributed by atoms with Crippen LogP contribution in [0.5, 0.6) is 5.75 Å². The molecule has 172 valence electrons. The third-order valence-electron chi connectivity index (χ3n) is 5.11. The van der Waals surface area contributed by atoms with Crippen molar-refractivity contribution in [3.63, 3.8) is 0 Å². The summed E-state index contributed by atoms with van der Waals surface area (Å²) >= 11 is 2.89. The lowest BCUT2D eigenvalue weighted by Crippen LogP contribution is -2.13. The third kappa shape index (κ3) is 4.59. The van der Waals surface area contributed by atoms with Crippen molar-refractivity contribution in [3.05, 3.63) is 71.0 Å². The molecule has 5 rings (SSSR count). The van der Waals surface area contributed by atoms with Gasteiger partial charge in [-0.25, -0.2) is 14.5 Å². The van der Waals surface area contributed by atoms with E-state index in [-0.39, 0.29) is 5.91 Å². The van der Waals surface area contributed by atoms with Crippen LogP contribution in [0, 0.1) is 13.8 Å². The van der Waals surface area contributed by atoms with Gasteiger partial charge < -0.3 is 4.74 Å². The standard InChI is InChI=1S/C24H22N6O2S2/c1-4-32-17-9-10-19-20(12-17)34-23(26-19)27-21(31)18-8-6-5-7-16(18)13-33-24-28-22-25-14(2)11-15(3)30(22)29-24/h5-12H,4,13H2,1-3H3,(H,26,27,31). The number of nitrogens with zero attached hydrogens (tertiary/aromatic N) is 5. The van der Waals surface area contributed by atoms with Crippen LogP contribution in [-0.2, 0) is 5.75 Å². The molecule has 0 spiro atoms. The van der Waals surface area contributed by atoms with Gasteiger partial charge in [-0.1, -0.05) is 41.3 Å². The molecule has 1 N–H and O–H groups in total. The van der Waals surface area contributed by atoms with E-state index in [1.807, 2.05) is 69.3 Å². The summed E-state index contributed by atoms with van der Waals surface area (Å²) in [7, 11) is 0. The topological polar surface area (TPSA) is 94.3 Å². The van der Waals surface area contributed by atoms with Gasteiger partial charge in [0, 0.05) is 22.7 Å². The average molecular weight is 491 g/mol. The number of benzene rings is 2. The van der Waals surface area contributed by atoms with Crippen LogP contribution in [0.1, 0.15) is 34.2 Å². The zero-order valence-corrected chi connectivity index (χ0v) is 20.5. The van der Waals surface area contributed by atoms with Crippen molar-refractivity contribution < 1.29 is 9.53 Å². The number of carbonyl (C=O) groups is 1. The second-order valence-electron chi connectivity index (χ2n) is 7.63. The summed E-state index contributed by atoms with van der Waals surface area (Å²) in [6.07, 6.45) is 0. The Bertz CT molecular complexity index is 1510. The largest absolute Gasteiger partial charge is 0.494 e. The Balaban J connectivity index is 1.33. The molecular formula is C24H22N6O2S2. The van der Waals surface area contributed by atoms with Gasteiger partial charge >= 0.3 is 0 Å². The number of rotatable bonds is 7. The first-order valence-corrected chi connectivity index (χ1v) is 12.6. The quantitative estimate of drug-likeness (QED) is 0.310. The van der Waals surface area contributed by atoms with Crippen LogP contribution in [-0.4, -0.2) is 37.1 Å². The van der Waals surface area contributed by atoms with Gasteiger partial charge in [-0.05, 0) is 56.7 Å². The van der Waals surface area contributed by atoms with Gasteiger partial charge in [0.2, 0.25) is 5.16 Å². The number of carbonyl (C=O) groups excluding carboxylic acids is 1. The normalized spacial score (nSPS) is 11.3. The molecule has 0 saturated heterocycles. The van der Waals surface area contributed by atoms with Crippen LogP contribution in [0.2, 0.25) is 0 Å². The second kappa shape index (κ2) is 9.40. The molecule has 8 nitrogen and oxygen atoms in total. The van der Waals surface area contributed by atoms with Gasteiger partial charge in [0.05, 0.1) is 16.8 Å². The summed E-state index contributed by atoms with van der Waals surface area (Å²) in [6, 6.07) is 15.2. The van der Waals surface area contributed by atoms with Gasteiger partial charge in [-0.2, -0.15) is 4.98 Å². The van der Waals surface area contributed by atoms with Gasteiger partial charge in [0.15, 0.2) is 5.13 Å². The minimum atomic E-state index is -0.198. The number of thiazole rings is 1. The highest BCUT2D eigenvalue weighted by molar-refractivity contribution is 7.98. The zero-order valence-electron chi connectivity index (χ0n) is 18.9. The van der Waals surface area contributed by atoms with E-state index in [1.165, 1.54) is 23.1 Å². The highest BCUT2D eigenvalue weighted by Crippen LogP contribution is 2.30. The van der Waals surface area contributed by atoms with Crippen LogP contribution < -0.4 is 10.1 Å². The number of ether oxygens (including phenoxy) is 1. The Labute approximate surface area is 204 Å². The number of fused-ring (bicyclic) bond motifs is 2. The fourth-order valence-electron chi connectivity index (χ4n) is 3.60. The molecule has 10 heteroatoms. The first-order chi connectivity index (χ1) is 16.5. The van der Waals surface area contributed by atoms with Gasteiger partial charge in [-0.3, -0.25) is 10.1 Å². The second-order valence-corrected chi connectivity index (χ2v) is 9.60. The maximum Gasteiger partial charge on any atom is 0.257 e. The van der Waals surface area contributed by atoms with Gasteiger partial charge in [-0.15, -0.1) is 5.10 Å². The highest BCUT2D eigenvalue weighted by Gasteiger charge is 2.15. The number of aromatic nitrogens is 5.